The maximum atomic E-state index is 13.3. The number of ketones is 4. The van der Waals surface area contributed by atoms with Gasteiger partial charge in [-0.05, 0) is 74.5 Å². The van der Waals surface area contributed by atoms with Crippen LogP contribution in [0.15, 0.2) is 12.1 Å². The van der Waals surface area contributed by atoms with Crippen LogP contribution in [-0.4, -0.2) is 23.1 Å². The maximum Gasteiger partial charge on any atom is 0.163 e. The third-order valence-corrected chi connectivity index (χ3v) is 8.49. The molecule has 0 N–H and O–H groups in total. The summed E-state index contributed by atoms with van der Waals surface area (Å²) in [5.41, 5.74) is 3.93. The van der Waals surface area contributed by atoms with Crippen molar-refractivity contribution in [3.63, 3.8) is 0 Å². The SMILES string of the molecule is CCCC(CC1CC(=O)c2c(ccc(CC(=O)C3CCCCC3)c2C)C1)C(CC)C(=O)CC(C)=O. The van der Waals surface area contributed by atoms with Crippen LogP contribution in [0.4, 0.5) is 0 Å². The van der Waals surface area contributed by atoms with E-state index in [1.807, 2.05) is 13.8 Å². The van der Waals surface area contributed by atoms with Crippen molar-refractivity contribution in [1.29, 1.82) is 0 Å². The molecule has 0 saturated heterocycles. The number of fused-ring (bicyclic) bond motifs is 1. The van der Waals surface area contributed by atoms with Crippen LogP contribution in [0.3, 0.4) is 0 Å². The van der Waals surface area contributed by atoms with Crippen molar-refractivity contribution in [3.05, 3.63) is 34.4 Å². The number of hydrogen-bond donors (Lipinski definition) is 0. The number of benzene rings is 1. The molecule has 2 aliphatic rings. The molecule has 0 heterocycles. The van der Waals surface area contributed by atoms with Gasteiger partial charge in [-0.3, -0.25) is 19.2 Å². The van der Waals surface area contributed by atoms with Crippen LogP contribution < -0.4 is 0 Å². The van der Waals surface area contributed by atoms with Crippen LogP contribution in [0.2, 0.25) is 0 Å². The van der Waals surface area contributed by atoms with E-state index in [1.54, 1.807) is 0 Å². The van der Waals surface area contributed by atoms with Gasteiger partial charge in [-0.15, -0.1) is 0 Å². The van der Waals surface area contributed by atoms with Crippen molar-refractivity contribution >= 4 is 23.1 Å². The molecule has 4 heteroatoms. The van der Waals surface area contributed by atoms with E-state index < -0.39 is 0 Å². The molecule has 0 spiro atoms. The first kappa shape index (κ1) is 27.5. The van der Waals surface area contributed by atoms with Crippen molar-refractivity contribution < 1.29 is 19.2 Å². The summed E-state index contributed by atoms with van der Waals surface area (Å²) in [6, 6.07) is 4.14. The molecule has 3 rings (SSSR count). The molecule has 0 aromatic heterocycles. The maximum absolute atomic E-state index is 13.3. The Kier molecular flexibility index (Phi) is 10.0. The molecule has 0 bridgehead atoms. The molecule has 3 atom stereocenters. The summed E-state index contributed by atoms with van der Waals surface area (Å²) in [7, 11) is 0. The van der Waals surface area contributed by atoms with Gasteiger partial charge >= 0.3 is 0 Å². The molecule has 2 aliphatic carbocycles. The van der Waals surface area contributed by atoms with E-state index in [2.05, 4.69) is 19.1 Å². The highest BCUT2D eigenvalue weighted by atomic mass is 16.1. The Morgan fingerprint density at radius 2 is 1.74 bits per heavy atom. The Morgan fingerprint density at radius 3 is 2.37 bits per heavy atom. The fraction of sp³-hybridized carbons (Fsp3) is 0.677. The highest BCUT2D eigenvalue weighted by molar-refractivity contribution is 6.01. The van der Waals surface area contributed by atoms with Gasteiger partial charge in [0.2, 0.25) is 0 Å². The Hall–Kier alpha value is -2.10. The number of carbonyl (C=O) groups excluding carboxylic acids is 4. The summed E-state index contributed by atoms with van der Waals surface area (Å²) in [5.74, 6) is 1.01. The number of carbonyl (C=O) groups is 4. The van der Waals surface area contributed by atoms with Gasteiger partial charge in [0.15, 0.2) is 5.78 Å². The zero-order valence-electron chi connectivity index (χ0n) is 22.3. The van der Waals surface area contributed by atoms with Gasteiger partial charge in [0.25, 0.3) is 0 Å². The first-order valence-corrected chi connectivity index (χ1v) is 13.9. The largest absolute Gasteiger partial charge is 0.300 e. The van der Waals surface area contributed by atoms with E-state index in [-0.39, 0.29) is 47.4 Å². The number of Topliss-reactive ketones (excluding diaryl/α,β-unsaturated/α-hetero) is 4. The Labute approximate surface area is 211 Å². The lowest BCUT2D eigenvalue weighted by molar-refractivity contribution is -0.130. The summed E-state index contributed by atoms with van der Waals surface area (Å²) in [5, 5.41) is 0. The average Bonchev–Trinajstić information content (AvgIpc) is 2.81. The summed E-state index contributed by atoms with van der Waals surface area (Å²) >= 11 is 0. The molecule has 1 fully saturated rings. The van der Waals surface area contributed by atoms with Crippen LogP contribution >= 0.6 is 0 Å². The van der Waals surface area contributed by atoms with Crippen LogP contribution in [0.5, 0.6) is 0 Å². The summed E-state index contributed by atoms with van der Waals surface area (Å²) in [4.78, 5) is 50.5. The van der Waals surface area contributed by atoms with Crippen LogP contribution in [0.1, 0.15) is 118 Å². The Balaban J connectivity index is 1.73. The van der Waals surface area contributed by atoms with Crippen molar-refractivity contribution in [2.24, 2.45) is 23.7 Å². The van der Waals surface area contributed by atoms with E-state index in [0.29, 0.717) is 18.6 Å². The molecule has 1 saturated carbocycles. The zero-order chi connectivity index (χ0) is 25.5. The molecule has 0 amide bonds. The van der Waals surface area contributed by atoms with Crippen molar-refractivity contribution in [1.82, 2.24) is 0 Å². The van der Waals surface area contributed by atoms with E-state index in [0.717, 1.165) is 80.0 Å². The molecule has 4 nitrogen and oxygen atoms in total. The summed E-state index contributed by atoms with van der Waals surface area (Å²) in [6.45, 7) is 7.66. The van der Waals surface area contributed by atoms with Crippen molar-refractivity contribution in [2.45, 2.75) is 111 Å². The third kappa shape index (κ3) is 6.98. The van der Waals surface area contributed by atoms with E-state index in [1.165, 1.54) is 13.3 Å². The fourth-order valence-corrected chi connectivity index (χ4v) is 6.71. The number of rotatable bonds is 12. The fourth-order valence-electron chi connectivity index (χ4n) is 6.71. The summed E-state index contributed by atoms with van der Waals surface area (Å²) < 4.78 is 0. The normalized spacial score (nSPS) is 20.2. The molecular formula is C31H44O4. The molecule has 1 aromatic carbocycles. The first-order chi connectivity index (χ1) is 16.7. The molecule has 0 aliphatic heterocycles. The lowest BCUT2D eigenvalue weighted by Crippen LogP contribution is -2.30. The molecule has 1 aromatic rings. The van der Waals surface area contributed by atoms with Gasteiger partial charge in [-0.1, -0.05) is 58.1 Å². The lowest BCUT2D eigenvalue weighted by atomic mass is 9.71. The monoisotopic (exact) mass is 480 g/mol. The molecule has 0 radical (unpaired) electrons. The van der Waals surface area contributed by atoms with Gasteiger partial charge in [-0.25, -0.2) is 0 Å². The van der Waals surface area contributed by atoms with Crippen LogP contribution in [0, 0.1) is 30.6 Å². The van der Waals surface area contributed by atoms with Gasteiger partial charge in [0, 0.05) is 30.2 Å². The predicted octanol–water partition coefficient (Wildman–Crippen LogP) is 6.81. The minimum atomic E-state index is -0.106. The van der Waals surface area contributed by atoms with Crippen molar-refractivity contribution in [3.8, 4) is 0 Å². The molecular weight excluding hydrogens is 436 g/mol. The second-order valence-electron chi connectivity index (χ2n) is 11.2. The highest BCUT2D eigenvalue weighted by Crippen LogP contribution is 2.37. The Bertz CT molecular complexity index is 938. The second-order valence-corrected chi connectivity index (χ2v) is 11.2. The van der Waals surface area contributed by atoms with Gasteiger partial charge in [0.1, 0.15) is 17.3 Å². The summed E-state index contributed by atoms with van der Waals surface area (Å²) in [6.07, 6.45) is 10.9. The van der Waals surface area contributed by atoms with Gasteiger partial charge in [0.05, 0.1) is 6.42 Å². The standard InChI is InChI=1S/C31H44O4/c1-5-10-25(27(6-2)29(34)15-20(3)32)16-22-17-26-14-13-24(21(4)31(26)30(35)18-22)19-28(33)23-11-8-7-9-12-23/h13-14,22-23,25,27H,5-12,15-19H2,1-4H3. The zero-order valence-corrected chi connectivity index (χ0v) is 22.3. The van der Waals surface area contributed by atoms with E-state index in [9.17, 15) is 19.2 Å². The second kappa shape index (κ2) is 12.7. The van der Waals surface area contributed by atoms with Crippen LogP contribution in [0.25, 0.3) is 0 Å². The van der Waals surface area contributed by atoms with Crippen molar-refractivity contribution in [2.75, 3.05) is 0 Å². The first-order valence-electron chi connectivity index (χ1n) is 13.9. The molecule has 35 heavy (non-hydrogen) atoms. The minimum absolute atomic E-state index is 0.0205. The highest BCUT2D eigenvalue weighted by Gasteiger charge is 2.33. The third-order valence-electron chi connectivity index (χ3n) is 8.49. The lowest BCUT2D eigenvalue weighted by Gasteiger charge is -2.32. The minimum Gasteiger partial charge on any atom is -0.300 e. The molecule has 3 unspecified atom stereocenters. The van der Waals surface area contributed by atoms with E-state index in [4.69, 9.17) is 0 Å². The quantitative estimate of drug-likeness (QED) is 0.308. The van der Waals surface area contributed by atoms with Crippen LogP contribution in [-0.2, 0) is 27.2 Å². The Morgan fingerprint density at radius 1 is 1.03 bits per heavy atom. The van der Waals surface area contributed by atoms with Gasteiger partial charge < -0.3 is 0 Å². The number of hydrogen-bond acceptors (Lipinski definition) is 4. The smallest absolute Gasteiger partial charge is 0.163 e. The topological polar surface area (TPSA) is 68.3 Å². The predicted molar refractivity (Wildman–Crippen MR) is 140 cm³/mol. The molecule has 192 valence electrons. The average molecular weight is 481 g/mol. The van der Waals surface area contributed by atoms with Gasteiger partial charge in [-0.2, -0.15) is 0 Å². The van der Waals surface area contributed by atoms with E-state index >= 15 is 0 Å².